The van der Waals surface area contributed by atoms with Crippen molar-refractivity contribution in [2.75, 3.05) is 0 Å². The standard InChI is InChI=1S/C10H13NO2.C3H6O/c1-10(2,3)8-5-4-6-9(7-8)11(12)13;1-2-3-4/h4-7H,1-3H3;3H,2H2,1H3. The van der Waals surface area contributed by atoms with Crippen LogP contribution < -0.4 is 0 Å². The van der Waals surface area contributed by atoms with Gasteiger partial charge in [-0.1, -0.05) is 39.8 Å². The number of nitrogens with zero attached hydrogens (tertiary/aromatic N) is 1. The van der Waals surface area contributed by atoms with Crippen molar-refractivity contribution in [2.45, 2.75) is 39.5 Å². The lowest BCUT2D eigenvalue weighted by atomic mass is 9.87. The van der Waals surface area contributed by atoms with Crippen LogP contribution in [0, 0.1) is 10.1 Å². The van der Waals surface area contributed by atoms with E-state index in [1.54, 1.807) is 12.1 Å². The van der Waals surface area contributed by atoms with E-state index in [4.69, 9.17) is 0 Å². The lowest BCUT2D eigenvalue weighted by Crippen LogP contribution is -2.10. The number of nitro groups is 1. The molecule has 1 aromatic rings. The third kappa shape index (κ3) is 5.80. The molecule has 1 aromatic carbocycles. The smallest absolute Gasteiger partial charge is 0.269 e. The zero-order valence-corrected chi connectivity index (χ0v) is 10.8. The molecule has 0 aliphatic carbocycles. The van der Waals surface area contributed by atoms with Crippen LogP contribution in [0.1, 0.15) is 39.7 Å². The van der Waals surface area contributed by atoms with Crippen molar-refractivity contribution in [3.8, 4) is 0 Å². The Morgan fingerprint density at radius 3 is 2.24 bits per heavy atom. The highest BCUT2D eigenvalue weighted by atomic mass is 16.6. The van der Waals surface area contributed by atoms with Crippen LogP contribution in [-0.2, 0) is 10.2 Å². The molecule has 94 valence electrons. The summed E-state index contributed by atoms with van der Waals surface area (Å²) in [7, 11) is 0. The normalized spacial score (nSPS) is 10.1. The quantitative estimate of drug-likeness (QED) is 0.449. The van der Waals surface area contributed by atoms with E-state index >= 15 is 0 Å². The molecule has 0 saturated carbocycles. The Bertz CT molecular complexity index is 380. The molecule has 0 bridgehead atoms. The zero-order valence-electron chi connectivity index (χ0n) is 10.8. The van der Waals surface area contributed by atoms with Gasteiger partial charge in [0.25, 0.3) is 5.69 Å². The van der Waals surface area contributed by atoms with Crippen molar-refractivity contribution in [2.24, 2.45) is 0 Å². The molecule has 4 heteroatoms. The average molecular weight is 237 g/mol. The molecule has 17 heavy (non-hydrogen) atoms. The molecule has 0 aliphatic rings. The monoisotopic (exact) mass is 237 g/mol. The molecule has 0 N–H and O–H groups in total. The number of non-ortho nitro benzene ring substituents is 1. The highest BCUT2D eigenvalue weighted by molar-refractivity contribution is 5.48. The molecule has 0 heterocycles. The van der Waals surface area contributed by atoms with E-state index in [1.165, 1.54) is 6.07 Å². The van der Waals surface area contributed by atoms with Crippen molar-refractivity contribution >= 4 is 12.0 Å². The first-order valence-electron chi connectivity index (χ1n) is 5.51. The van der Waals surface area contributed by atoms with Crippen molar-refractivity contribution in [3.05, 3.63) is 39.9 Å². The molecule has 4 nitrogen and oxygen atoms in total. The Morgan fingerprint density at radius 1 is 1.35 bits per heavy atom. The highest BCUT2D eigenvalue weighted by Crippen LogP contribution is 2.25. The lowest BCUT2D eigenvalue weighted by Gasteiger charge is -2.18. The largest absolute Gasteiger partial charge is 0.303 e. The van der Waals surface area contributed by atoms with Gasteiger partial charge in [-0.15, -0.1) is 0 Å². The zero-order chi connectivity index (χ0) is 13.5. The minimum atomic E-state index is -0.366. The van der Waals surface area contributed by atoms with Gasteiger partial charge < -0.3 is 4.79 Å². The fourth-order valence-electron chi connectivity index (χ4n) is 1.09. The van der Waals surface area contributed by atoms with Crippen LogP contribution in [0.15, 0.2) is 24.3 Å². The van der Waals surface area contributed by atoms with Crippen LogP contribution in [0.5, 0.6) is 0 Å². The van der Waals surface area contributed by atoms with E-state index in [1.807, 2.05) is 33.8 Å². The number of carbonyl (C=O) groups is 1. The Balaban J connectivity index is 0.000000557. The fraction of sp³-hybridized carbons (Fsp3) is 0.462. The molecular formula is C13H19NO3. The third-order valence-electron chi connectivity index (χ3n) is 2.09. The summed E-state index contributed by atoms with van der Waals surface area (Å²) in [6.07, 6.45) is 1.51. The second-order valence-electron chi connectivity index (χ2n) is 4.63. The number of hydrogen-bond donors (Lipinski definition) is 0. The highest BCUT2D eigenvalue weighted by Gasteiger charge is 2.16. The third-order valence-corrected chi connectivity index (χ3v) is 2.09. The molecular weight excluding hydrogens is 218 g/mol. The second-order valence-corrected chi connectivity index (χ2v) is 4.63. The lowest BCUT2D eigenvalue weighted by molar-refractivity contribution is -0.385. The van der Waals surface area contributed by atoms with Gasteiger partial charge in [-0.25, -0.2) is 0 Å². The number of nitro benzene ring substituents is 1. The molecule has 0 saturated heterocycles. The summed E-state index contributed by atoms with van der Waals surface area (Å²) in [5.41, 5.74) is 1.11. The van der Waals surface area contributed by atoms with Crippen LogP contribution in [-0.4, -0.2) is 11.2 Å². The summed E-state index contributed by atoms with van der Waals surface area (Å²) in [6.45, 7) is 7.91. The first-order chi connectivity index (χ1) is 7.82. The Morgan fingerprint density at radius 2 is 1.88 bits per heavy atom. The maximum absolute atomic E-state index is 10.5. The van der Waals surface area contributed by atoms with Gasteiger partial charge in [-0.2, -0.15) is 0 Å². The van der Waals surface area contributed by atoms with Crippen LogP contribution in [0.2, 0.25) is 0 Å². The van der Waals surface area contributed by atoms with Crippen LogP contribution in [0.3, 0.4) is 0 Å². The first-order valence-corrected chi connectivity index (χ1v) is 5.51. The Labute approximate surface area is 102 Å². The van der Waals surface area contributed by atoms with E-state index in [0.29, 0.717) is 6.42 Å². The van der Waals surface area contributed by atoms with Crippen molar-refractivity contribution in [1.82, 2.24) is 0 Å². The van der Waals surface area contributed by atoms with Gasteiger partial charge in [0.1, 0.15) is 6.29 Å². The van der Waals surface area contributed by atoms with Crippen LogP contribution >= 0.6 is 0 Å². The van der Waals surface area contributed by atoms with Gasteiger partial charge in [0.05, 0.1) is 4.92 Å². The van der Waals surface area contributed by atoms with Crippen molar-refractivity contribution in [1.29, 1.82) is 0 Å². The Hall–Kier alpha value is -1.71. The van der Waals surface area contributed by atoms with E-state index in [2.05, 4.69) is 0 Å². The van der Waals surface area contributed by atoms with Gasteiger partial charge in [0.15, 0.2) is 0 Å². The topological polar surface area (TPSA) is 60.2 Å². The van der Waals surface area contributed by atoms with E-state index in [9.17, 15) is 14.9 Å². The first kappa shape index (κ1) is 15.3. The molecule has 0 aromatic heterocycles. The van der Waals surface area contributed by atoms with Crippen molar-refractivity contribution in [3.63, 3.8) is 0 Å². The maximum Gasteiger partial charge on any atom is 0.269 e. The number of rotatable bonds is 2. The SMILES string of the molecule is CC(C)(C)c1cccc([N+](=O)[O-])c1.CCC=O. The molecule has 0 aliphatic heterocycles. The average Bonchev–Trinajstić information content (AvgIpc) is 2.28. The summed E-state index contributed by atoms with van der Waals surface area (Å²) in [5.74, 6) is 0. The minimum Gasteiger partial charge on any atom is -0.303 e. The van der Waals surface area contributed by atoms with Gasteiger partial charge in [0, 0.05) is 18.6 Å². The molecule has 0 fully saturated rings. The summed E-state index contributed by atoms with van der Waals surface area (Å²) < 4.78 is 0. The van der Waals surface area contributed by atoms with Crippen LogP contribution in [0.25, 0.3) is 0 Å². The maximum atomic E-state index is 10.5. The summed E-state index contributed by atoms with van der Waals surface area (Å²) in [4.78, 5) is 19.3. The van der Waals surface area contributed by atoms with E-state index in [0.717, 1.165) is 11.8 Å². The van der Waals surface area contributed by atoms with Gasteiger partial charge >= 0.3 is 0 Å². The predicted octanol–water partition coefficient (Wildman–Crippen LogP) is 3.49. The summed E-state index contributed by atoms with van der Waals surface area (Å²) >= 11 is 0. The number of benzene rings is 1. The summed E-state index contributed by atoms with van der Waals surface area (Å²) in [6, 6.07) is 6.76. The molecule has 0 spiro atoms. The van der Waals surface area contributed by atoms with Gasteiger partial charge in [-0.05, 0) is 11.0 Å². The molecule has 0 unspecified atom stereocenters. The van der Waals surface area contributed by atoms with Crippen LogP contribution in [0.4, 0.5) is 5.69 Å². The molecule has 1 rings (SSSR count). The number of hydrogen-bond acceptors (Lipinski definition) is 3. The van der Waals surface area contributed by atoms with E-state index in [-0.39, 0.29) is 16.0 Å². The van der Waals surface area contributed by atoms with Gasteiger partial charge in [-0.3, -0.25) is 10.1 Å². The number of aldehydes is 1. The molecule has 0 atom stereocenters. The van der Waals surface area contributed by atoms with Gasteiger partial charge in [0.2, 0.25) is 0 Å². The second kappa shape index (κ2) is 6.78. The predicted molar refractivity (Wildman–Crippen MR) is 68.2 cm³/mol. The Kier molecular flexibility index (Phi) is 6.10. The molecule has 0 amide bonds. The summed E-state index contributed by atoms with van der Waals surface area (Å²) in [5, 5.41) is 10.5. The number of carbonyl (C=O) groups excluding carboxylic acids is 1. The fourth-order valence-corrected chi connectivity index (χ4v) is 1.09. The van der Waals surface area contributed by atoms with E-state index < -0.39 is 0 Å². The van der Waals surface area contributed by atoms with Crippen molar-refractivity contribution < 1.29 is 9.72 Å². The minimum absolute atomic E-state index is 0.0357. The molecule has 0 radical (unpaired) electrons.